The molecule has 1 atom stereocenters. The highest BCUT2D eigenvalue weighted by Gasteiger charge is 2.21. The molecule has 29 heavy (non-hydrogen) atoms. The summed E-state index contributed by atoms with van der Waals surface area (Å²) in [5, 5.41) is 8.58. The van der Waals surface area contributed by atoms with Crippen molar-refractivity contribution in [3.8, 4) is 0 Å². The SMILES string of the molecule is Cc1cc(C(=O)CSc2nnc(Cc3ccccc3)o2)c(C)n1C[C@@H]1CCCO1. The van der Waals surface area contributed by atoms with E-state index in [1.165, 1.54) is 11.8 Å². The van der Waals surface area contributed by atoms with Crippen LogP contribution in [0.2, 0.25) is 0 Å². The Morgan fingerprint density at radius 1 is 1.24 bits per heavy atom. The highest BCUT2D eigenvalue weighted by molar-refractivity contribution is 7.99. The maximum absolute atomic E-state index is 12.8. The van der Waals surface area contributed by atoms with Gasteiger partial charge in [0, 0.05) is 30.1 Å². The molecule has 1 saturated heterocycles. The van der Waals surface area contributed by atoms with Gasteiger partial charge in [0.25, 0.3) is 5.22 Å². The van der Waals surface area contributed by atoms with Crippen LogP contribution in [-0.2, 0) is 17.7 Å². The molecule has 0 bridgehead atoms. The van der Waals surface area contributed by atoms with E-state index in [2.05, 4.69) is 14.8 Å². The second-order valence-corrected chi connectivity index (χ2v) is 8.29. The molecule has 6 nitrogen and oxygen atoms in total. The number of carbonyl (C=O) groups excluding carboxylic acids is 1. The Bertz CT molecular complexity index is 975. The van der Waals surface area contributed by atoms with E-state index in [4.69, 9.17) is 9.15 Å². The van der Waals surface area contributed by atoms with Crippen molar-refractivity contribution in [3.05, 3.63) is 64.8 Å². The van der Waals surface area contributed by atoms with Gasteiger partial charge in [0.1, 0.15) is 0 Å². The van der Waals surface area contributed by atoms with Crippen LogP contribution in [0.4, 0.5) is 0 Å². The number of aromatic nitrogens is 3. The van der Waals surface area contributed by atoms with E-state index in [1.54, 1.807) is 0 Å². The van der Waals surface area contributed by atoms with Crippen LogP contribution in [0, 0.1) is 13.8 Å². The lowest BCUT2D eigenvalue weighted by atomic mass is 10.2. The summed E-state index contributed by atoms with van der Waals surface area (Å²) in [6.45, 7) is 5.69. The maximum Gasteiger partial charge on any atom is 0.277 e. The first-order valence-corrected chi connectivity index (χ1v) is 10.9. The van der Waals surface area contributed by atoms with Crippen LogP contribution >= 0.6 is 11.8 Å². The van der Waals surface area contributed by atoms with E-state index in [1.807, 2.05) is 50.2 Å². The third kappa shape index (κ3) is 4.79. The largest absolute Gasteiger partial charge is 0.416 e. The summed E-state index contributed by atoms with van der Waals surface area (Å²) in [6, 6.07) is 12.0. The maximum atomic E-state index is 12.8. The molecule has 1 aliphatic heterocycles. The van der Waals surface area contributed by atoms with Gasteiger partial charge in [-0.15, -0.1) is 10.2 Å². The van der Waals surface area contributed by atoms with Gasteiger partial charge in [0.2, 0.25) is 5.89 Å². The first kappa shape index (κ1) is 19.9. The number of thioether (sulfide) groups is 1. The number of ketones is 1. The van der Waals surface area contributed by atoms with Gasteiger partial charge in [-0.1, -0.05) is 42.1 Å². The fourth-order valence-corrected chi connectivity index (χ4v) is 4.36. The molecule has 1 fully saturated rings. The quantitative estimate of drug-likeness (QED) is 0.408. The van der Waals surface area contributed by atoms with Crippen LogP contribution in [0.25, 0.3) is 0 Å². The first-order valence-electron chi connectivity index (χ1n) is 9.91. The number of aryl methyl sites for hydroxylation is 1. The van der Waals surface area contributed by atoms with Crippen molar-refractivity contribution in [2.45, 2.75) is 51.0 Å². The molecule has 4 rings (SSSR count). The Hall–Kier alpha value is -2.38. The van der Waals surface area contributed by atoms with Crippen molar-refractivity contribution in [3.63, 3.8) is 0 Å². The van der Waals surface area contributed by atoms with Crippen LogP contribution in [0.3, 0.4) is 0 Å². The monoisotopic (exact) mass is 411 g/mol. The highest BCUT2D eigenvalue weighted by atomic mass is 32.2. The van der Waals surface area contributed by atoms with Gasteiger partial charge in [-0.2, -0.15) is 0 Å². The van der Waals surface area contributed by atoms with Crippen molar-refractivity contribution in [2.24, 2.45) is 0 Å². The molecular weight excluding hydrogens is 386 g/mol. The summed E-state index contributed by atoms with van der Waals surface area (Å²) in [7, 11) is 0. The van der Waals surface area contributed by atoms with Crippen LogP contribution in [0.15, 0.2) is 46.0 Å². The zero-order valence-corrected chi connectivity index (χ0v) is 17.6. The second-order valence-electron chi connectivity index (χ2n) is 7.37. The fraction of sp³-hybridized carbons (Fsp3) is 0.409. The zero-order valence-electron chi connectivity index (χ0n) is 16.8. The second kappa shape index (κ2) is 8.97. The minimum atomic E-state index is 0.0736. The van der Waals surface area contributed by atoms with Gasteiger partial charge < -0.3 is 13.7 Å². The molecule has 152 valence electrons. The lowest BCUT2D eigenvalue weighted by molar-refractivity contribution is 0.0957. The van der Waals surface area contributed by atoms with Crippen LogP contribution < -0.4 is 0 Å². The zero-order chi connectivity index (χ0) is 20.2. The summed E-state index contributed by atoms with van der Waals surface area (Å²) in [6.07, 6.45) is 3.03. The number of nitrogens with zero attached hydrogens (tertiary/aromatic N) is 3. The number of hydrogen-bond donors (Lipinski definition) is 0. The molecule has 0 spiro atoms. The van der Waals surface area contributed by atoms with Gasteiger partial charge in [-0.05, 0) is 38.3 Å². The van der Waals surface area contributed by atoms with Crippen molar-refractivity contribution >= 4 is 17.5 Å². The standard InChI is InChI=1S/C22H25N3O3S/c1-15-11-19(16(2)25(15)13-18-9-6-10-27-18)20(26)14-29-22-24-23-21(28-22)12-17-7-4-3-5-8-17/h3-5,7-8,11,18H,6,9-10,12-14H2,1-2H3/t18-/m0/s1. The van der Waals surface area contributed by atoms with Crippen molar-refractivity contribution in [1.82, 2.24) is 14.8 Å². The lowest BCUT2D eigenvalue weighted by Gasteiger charge is -2.14. The molecule has 0 radical (unpaired) electrons. The summed E-state index contributed by atoms with van der Waals surface area (Å²) in [4.78, 5) is 12.8. The molecule has 0 saturated carbocycles. The third-order valence-electron chi connectivity index (χ3n) is 5.26. The molecule has 1 aliphatic rings. The molecule has 2 aromatic heterocycles. The molecular formula is C22H25N3O3S. The predicted octanol–water partition coefficient (Wildman–Crippen LogP) is 4.23. The van der Waals surface area contributed by atoms with E-state index in [0.717, 1.165) is 48.5 Å². The normalized spacial score (nSPS) is 16.4. The number of benzene rings is 1. The number of carbonyl (C=O) groups is 1. The first-order chi connectivity index (χ1) is 14.1. The van der Waals surface area contributed by atoms with E-state index < -0.39 is 0 Å². The number of Topliss-reactive ketones (excluding diaryl/α,β-unsaturated/α-hetero) is 1. The van der Waals surface area contributed by atoms with Crippen LogP contribution in [0.5, 0.6) is 0 Å². The molecule has 0 amide bonds. The summed E-state index contributed by atoms with van der Waals surface area (Å²) in [5.74, 6) is 0.905. The Labute approximate surface area is 174 Å². The highest BCUT2D eigenvalue weighted by Crippen LogP contribution is 2.24. The van der Waals surface area contributed by atoms with Crippen molar-refractivity contribution in [1.29, 1.82) is 0 Å². The molecule has 7 heteroatoms. The number of rotatable bonds is 8. The molecule has 0 unspecified atom stereocenters. The molecule has 0 aliphatic carbocycles. The van der Waals surface area contributed by atoms with Crippen LogP contribution in [0.1, 0.15) is 46.0 Å². The fourth-order valence-electron chi connectivity index (χ4n) is 3.70. The summed E-state index contributed by atoms with van der Waals surface area (Å²) >= 11 is 1.29. The number of hydrogen-bond acceptors (Lipinski definition) is 6. The van der Waals surface area contributed by atoms with E-state index in [-0.39, 0.29) is 17.6 Å². The predicted molar refractivity (Wildman–Crippen MR) is 111 cm³/mol. The molecule has 3 aromatic rings. The van der Waals surface area contributed by atoms with Gasteiger partial charge in [-0.3, -0.25) is 4.79 Å². The van der Waals surface area contributed by atoms with Gasteiger partial charge >= 0.3 is 0 Å². The van der Waals surface area contributed by atoms with Crippen molar-refractivity contribution in [2.75, 3.05) is 12.4 Å². The minimum absolute atomic E-state index is 0.0736. The Balaban J connectivity index is 1.36. The lowest BCUT2D eigenvalue weighted by Crippen LogP contribution is -2.17. The molecule has 3 heterocycles. The van der Waals surface area contributed by atoms with Gasteiger partial charge in [0.05, 0.1) is 18.3 Å². The minimum Gasteiger partial charge on any atom is -0.416 e. The van der Waals surface area contributed by atoms with Crippen LogP contribution in [-0.4, -0.2) is 39.0 Å². The Morgan fingerprint density at radius 3 is 2.83 bits per heavy atom. The average Bonchev–Trinajstić information content (AvgIpc) is 3.45. The van der Waals surface area contributed by atoms with Gasteiger partial charge in [-0.25, -0.2) is 0 Å². The topological polar surface area (TPSA) is 70.2 Å². The summed E-state index contributed by atoms with van der Waals surface area (Å²) < 4.78 is 13.6. The molecule has 1 aromatic carbocycles. The van der Waals surface area contributed by atoms with E-state index in [0.29, 0.717) is 17.5 Å². The Kier molecular flexibility index (Phi) is 6.16. The van der Waals surface area contributed by atoms with Gasteiger partial charge in [0.15, 0.2) is 5.78 Å². The Morgan fingerprint density at radius 2 is 2.07 bits per heavy atom. The van der Waals surface area contributed by atoms with E-state index in [9.17, 15) is 4.79 Å². The molecule has 0 N–H and O–H groups in total. The van der Waals surface area contributed by atoms with Crippen molar-refractivity contribution < 1.29 is 13.9 Å². The number of ether oxygens (including phenoxy) is 1. The van der Waals surface area contributed by atoms with E-state index >= 15 is 0 Å². The average molecular weight is 412 g/mol. The third-order valence-corrected chi connectivity index (χ3v) is 6.08. The smallest absolute Gasteiger partial charge is 0.277 e. The summed E-state index contributed by atoms with van der Waals surface area (Å²) in [5.41, 5.74) is 3.97.